The molecule has 0 unspecified atom stereocenters. The zero-order valence-corrected chi connectivity index (χ0v) is 11.8. The standard InChI is InChI=1S/C13H22N2OS/c1-4-7-14(2)8-5-6-9-15(3)11-10-12(17)13(11)16/h10H,4-9H2,1-3H3. The molecule has 1 rings (SSSR count). The van der Waals surface area contributed by atoms with E-state index in [0.717, 1.165) is 31.7 Å². The molecule has 0 amide bonds. The summed E-state index contributed by atoms with van der Waals surface area (Å²) in [4.78, 5) is 15.7. The van der Waals surface area contributed by atoms with Crippen LogP contribution in [0.2, 0.25) is 0 Å². The molecule has 0 saturated carbocycles. The molecule has 1 aromatic rings. The largest absolute Gasteiger partial charge is 0.371 e. The van der Waals surface area contributed by atoms with Gasteiger partial charge in [-0.15, -0.1) is 0 Å². The van der Waals surface area contributed by atoms with Gasteiger partial charge in [0, 0.05) is 13.6 Å². The van der Waals surface area contributed by atoms with Gasteiger partial charge in [-0.2, -0.15) is 0 Å². The van der Waals surface area contributed by atoms with Crippen molar-refractivity contribution in [2.24, 2.45) is 0 Å². The van der Waals surface area contributed by atoms with Gasteiger partial charge in [-0.3, -0.25) is 4.79 Å². The highest BCUT2D eigenvalue weighted by Gasteiger charge is 2.10. The van der Waals surface area contributed by atoms with Crippen molar-refractivity contribution in [2.75, 3.05) is 38.6 Å². The average molecular weight is 254 g/mol. The molecule has 0 aliphatic carbocycles. The minimum atomic E-state index is 0.0330. The van der Waals surface area contributed by atoms with Crippen LogP contribution >= 0.6 is 12.2 Å². The molecule has 3 nitrogen and oxygen atoms in total. The van der Waals surface area contributed by atoms with E-state index in [1.54, 1.807) is 6.07 Å². The highest BCUT2D eigenvalue weighted by atomic mass is 32.1. The van der Waals surface area contributed by atoms with Crippen molar-refractivity contribution in [3.05, 3.63) is 20.8 Å². The predicted octanol–water partition coefficient (Wildman–Crippen LogP) is 2.21. The van der Waals surface area contributed by atoms with E-state index < -0.39 is 0 Å². The number of rotatable bonds is 8. The fourth-order valence-corrected chi connectivity index (χ4v) is 2.15. The van der Waals surface area contributed by atoms with E-state index in [0.29, 0.717) is 4.51 Å². The summed E-state index contributed by atoms with van der Waals surface area (Å²) in [5.74, 6) is 0. The third-order valence-electron chi connectivity index (χ3n) is 3.02. The van der Waals surface area contributed by atoms with Gasteiger partial charge in [0.15, 0.2) is 0 Å². The third kappa shape index (κ3) is 4.21. The fourth-order valence-electron chi connectivity index (χ4n) is 1.93. The molecule has 0 fully saturated rings. The molecule has 0 aliphatic heterocycles. The van der Waals surface area contributed by atoms with Crippen molar-refractivity contribution in [1.29, 1.82) is 0 Å². The fraction of sp³-hybridized carbons (Fsp3) is 0.692. The Balaban J connectivity index is 2.18. The molecule has 1 aromatic carbocycles. The minimum Gasteiger partial charge on any atom is -0.371 e. The van der Waals surface area contributed by atoms with Gasteiger partial charge in [0.1, 0.15) is 0 Å². The van der Waals surface area contributed by atoms with Crippen LogP contribution in [-0.4, -0.2) is 38.6 Å². The first-order valence-electron chi connectivity index (χ1n) is 6.26. The molecule has 0 aromatic heterocycles. The van der Waals surface area contributed by atoms with Crippen LogP contribution in [0.15, 0.2) is 10.9 Å². The van der Waals surface area contributed by atoms with Crippen molar-refractivity contribution in [2.45, 2.75) is 26.2 Å². The zero-order valence-electron chi connectivity index (χ0n) is 11.0. The van der Waals surface area contributed by atoms with Crippen LogP contribution in [-0.2, 0) is 0 Å². The number of hydrogen-bond donors (Lipinski definition) is 0. The first-order chi connectivity index (χ1) is 8.06. The van der Waals surface area contributed by atoms with Gasteiger partial charge >= 0.3 is 0 Å². The Bertz CT molecular complexity index is 409. The van der Waals surface area contributed by atoms with Gasteiger partial charge in [0.25, 0.3) is 0 Å². The van der Waals surface area contributed by atoms with Crippen molar-refractivity contribution in [3.8, 4) is 0 Å². The minimum absolute atomic E-state index is 0.0330. The number of unbranched alkanes of at least 4 members (excludes halogenated alkanes) is 1. The number of anilines is 1. The Labute approximate surface area is 109 Å². The predicted molar refractivity (Wildman–Crippen MR) is 76.2 cm³/mol. The van der Waals surface area contributed by atoms with Crippen LogP contribution < -0.4 is 10.3 Å². The number of hydrogen-bond acceptors (Lipinski definition) is 4. The maximum atomic E-state index is 11.4. The molecule has 0 spiro atoms. The van der Waals surface area contributed by atoms with E-state index in [1.807, 2.05) is 11.9 Å². The maximum absolute atomic E-state index is 11.4. The number of nitrogens with zero attached hydrogens (tertiary/aromatic N) is 2. The second-order valence-electron chi connectivity index (χ2n) is 4.65. The van der Waals surface area contributed by atoms with Crippen LogP contribution in [0.5, 0.6) is 0 Å². The Morgan fingerprint density at radius 1 is 1.18 bits per heavy atom. The topological polar surface area (TPSA) is 23.6 Å². The molecule has 17 heavy (non-hydrogen) atoms. The van der Waals surface area contributed by atoms with Crippen LogP contribution in [0.1, 0.15) is 26.2 Å². The second kappa shape index (κ2) is 6.87. The zero-order chi connectivity index (χ0) is 12.8. The van der Waals surface area contributed by atoms with Gasteiger partial charge in [-0.05, 0) is 45.5 Å². The lowest BCUT2D eigenvalue weighted by molar-refractivity contribution is 0.327. The molecule has 0 atom stereocenters. The van der Waals surface area contributed by atoms with Crippen molar-refractivity contribution in [1.82, 2.24) is 4.90 Å². The van der Waals surface area contributed by atoms with E-state index in [4.69, 9.17) is 12.2 Å². The van der Waals surface area contributed by atoms with Gasteiger partial charge in [-0.25, -0.2) is 0 Å². The van der Waals surface area contributed by atoms with Crippen molar-refractivity contribution >= 4 is 17.9 Å². The molecule has 0 N–H and O–H groups in total. The van der Waals surface area contributed by atoms with Gasteiger partial charge in [-0.1, -0.05) is 19.1 Å². The van der Waals surface area contributed by atoms with E-state index in [-0.39, 0.29) is 5.43 Å². The van der Waals surface area contributed by atoms with Crippen molar-refractivity contribution in [3.63, 3.8) is 0 Å². The summed E-state index contributed by atoms with van der Waals surface area (Å²) in [5, 5.41) is 0. The van der Waals surface area contributed by atoms with E-state index >= 15 is 0 Å². The summed E-state index contributed by atoms with van der Waals surface area (Å²) in [5.41, 5.74) is 0.808. The summed E-state index contributed by atoms with van der Waals surface area (Å²) in [6.07, 6.45) is 3.49. The Morgan fingerprint density at radius 3 is 2.35 bits per heavy atom. The molecule has 4 heteroatoms. The first-order valence-corrected chi connectivity index (χ1v) is 6.67. The normalized spacial score (nSPS) is 11.3. The second-order valence-corrected chi connectivity index (χ2v) is 5.09. The molecule has 0 bridgehead atoms. The summed E-state index contributed by atoms with van der Waals surface area (Å²) in [7, 11) is 4.12. The van der Waals surface area contributed by atoms with Gasteiger partial charge in [0.05, 0.1) is 10.2 Å². The lowest BCUT2D eigenvalue weighted by atomic mass is 10.2. The van der Waals surface area contributed by atoms with E-state index in [2.05, 4.69) is 18.9 Å². The monoisotopic (exact) mass is 254 g/mol. The van der Waals surface area contributed by atoms with Gasteiger partial charge < -0.3 is 9.80 Å². The molecule has 96 valence electrons. The lowest BCUT2D eigenvalue weighted by Crippen LogP contribution is -2.28. The van der Waals surface area contributed by atoms with Gasteiger partial charge in [0.2, 0.25) is 5.43 Å². The van der Waals surface area contributed by atoms with E-state index in [1.165, 1.54) is 12.8 Å². The Kier molecular flexibility index (Phi) is 5.78. The van der Waals surface area contributed by atoms with Crippen LogP contribution in [0.4, 0.5) is 5.69 Å². The maximum Gasteiger partial charge on any atom is 0.219 e. The smallest absolute Gasteiger partial charge is 0.219 e. The molecule has 0 radical (unpaired) electrons. The third-order valence-corrected chi connectivity index (χ3v) is 3.33. The summed E-state index contributed by atoms with van der Waals surface area (Å²) < 4.78 is 0.467. The first kappa shape index (κ1) is 14.3. The molecule has 0 heterocycles. The summed E-state index contributed by atoms with van der Waals surface area (Å²) in [6, 6.07) is 1.79. The summed E-state index contributed by atoms with van der Waals surface area (Å²) >= 11 is 4.84. The molecular weight excluding hydrogens is 232 g/mol. The lowest BCUT2D eigenvalue weighted by Gasteiger charge is -2.21. The van der Waals surface area contributed by atoms with Crippen LogP contribution in [0, 0.1) is 4.51 Å². The highest BCUT2D eigenvalue weighted by Crippen LogP contribution is 2.10. The molecule has 0 saturated heterocycles. The van der Waals surface area contributed by atoms with Crippen molar-refractivity contribution < 1.29 is 0 Å². The average Bonchev–Trinajstić information content (AvgIpc) is 2.31. The highest BCUT2D eigenvalue weighted by molar-refractivity contribution is 7.71. The molecular formula is C13H22N2OS. The quantitative estimate of drug-likeness (QED) is 0.524. The SMILES string of the molecule is CCCN(C)CCCCN(C)c1cc(=S)c1=O. The Hall–Kier alpha value is -0.740. The molecule has 0 aliphatic rings. The Morgan fingerprint density at radius 2 is 1.82 bits per heavy atom. The van der Waals surface area contributed by atoms with E-state index in [9.17, 15) is 4.79 Å². The van der Waals surface area contributed by atoms with Crippen LogP contribution in [0.3, 0.4) is 0 Å². The summed E-state index contributed by atoms with van der Waals surface area (Å²) in [6.45, 7) is 5.42. The van der Waals surface area contributed by atoms with Crippen LogP contribution in [0.25, 0.3) is 0 Å².